The number of carbonyl (C=O) groups excluding carboxylic acids is 1. The molecule has 1 amide bonds. The van der Waals surface area contributed by atoms with Crippen LogP contribution >= 0.6 is 0 Å². The highest BCUT2D eigenvalue weighted by Gasteiger charge is 2.30. The standard InChI is InChI=1S/C20H26N2O7S/c1-13(20(23)21-16-9-8-15(26-2)12-18(16)28-4)22(30(6,24)25)14-7-10-17(27-3)19(11-14)29-5/h7-13H,1-6H3,(H,21,23). The summed E-state index contributed by atoms with van der Waals surface area (Å²) in [6.07, 6.45) is 1.03. The Kier molecular flexibility index (Phi) is 7.38. The molecule has 0 aliphatic heterocycles. The molecule has 164 valence electrons. The Balaban J connectivity index is 2.39. The molecule has 30 heavy (non-hydrogen) atoms. The number of rotatable bonds is 9. The zero-order valence-electron chi connectivity index (χ0n) is 17.8. The summed E-state index contributed by atoms with van der Waals surface area (Å²) in [6.45, 7) is 1.49. The minimum absolute atomic E-state index is 0.263. The first kappa shape index (κ1) is 23.1. The third kappa shape index (κ3) is 5.07. The summed E-state index contributed by atoms with van der Waals surface area (Å²) in [7, 11) is 2.09. The van der Waals surface area contributed by atoms with Crippen LogP contribution in [0, 0.1) is 0 Å². The number of methoxy groups -OCH3 is 4. The van der Waals surface area contributed by atoms with Crippen molar-refractivity contribution in [3.05, 3.63) is 36.4 Å². The molecule has 0 aromatic heterocycles. The summed E-state index contributed by atoms with van der Waals surface area (Å²) < 4.78 is 46.9. The number of anilines is 2. The zero-order chi connectivity index (χ0) is 22.5. The first-order chi connectivity index (χ1) is 14.2. The first-order valence-corrected chi connectivity index (χ1v) is 10.7. The molecule has 0 aliphatic carbocycles. The molecule has 0 aliphatic rings. The minimum atomic E-state index is -3.80. The van der Waals surface area contributed by atoms with Crippen LogP contribution in [0.5, 0.6) is 23.0 Å². The number of hydrogen-bond acceptors (Lipinski definition) is 7. The number of ether oxygens (including phenoxy) is 4. The molecule has 2 rings (SSSR count). The minimum Gasteiger partial charge on any atom is -0.497 e. The lowest BCUT2D eigenvalue weighted by Crippen LogP contribution is -2.45. The largest absolute Gasteiger partial charge is 0.497 e. The van der Waals surface area contributed by atoms with Gasteiger partial charge in [-0.15, -0.1) is 0 Å². The van der Waals surface area contributed by atoms with Gasteiger partial charge in [0.05, 0.1) is 46.1 Å². The molecule has 0 saturated carbocycles. The van der Waals surface area contributed by atoms with E-state index in [2.05, 4.69) is 5.32 Å². The van der Waals surface area contributed by atoms with Crippen LogP contribution < -0.4 is 28.6 Å². The molecular weight excluding hydrogens is 412 g/mol. The van der Waals surface area contributed by atoms with Crippen molar-refractivity contribution >= 4 is 27.3 Å². The van der Waals surface area contributed by atoms with E-state index in [9.17, 15) is 13.2 Å². The zero-order valence-corrected chi connectivity index (χ0v) is 18.6. The van der Waals surface area contributed by atoms with E-state index in [1.54, 1.807) is 30.3 Å². The van der Waals surface area contributed by atoms with Gasteiger partial charge in [-0.2, -0.15) is 0 Å². The van der Waals surface area contributed by atoms with Gasteiger partial charge in [0.1, 0.15) is 17.5 Å². The molecule has 1 atom stereocenters. The first-order valence-electron chi connectivity index (χ1n) is 8.90. The van der Waals surface area contributed by atoms with Crippen molar-refractivity contribution in [1.29, 1.82) is 0 Å². The van der Waals surface area contributed by atoms with E-state index in [4.69, 9.17) is 18.9 Å². The van der Waals surface area contributed by atoms with Crippen LogP contribution in [-0.4, -0.2) is 55.1 Å². The van der Waals surface area contributed by atoms with Crippen LogP contribution in [0.15, 0.2) is 36.4 Å². The van der Waals surface area contributed by atoms with Gasteiger partial charge >= 0.3 is 0 Å². The van der Waals surface area contributed by atoms with Crippen LogP contribution in [0.25, 0.3) is 0 Å². The van der Waals surface area contributed by atoms with Crippen LogP contribution in [0.2, 0.25) is 0 Å². The van der Waals surface area contributed by atoms with Gasteiger partial charge in [0, 0.05) is 12.1 Å². The lowest BCUT2D eigenvalue weighted by molar-refractivity contribution is -0.116. The SMILES string of the molecule is COc1ccc(NC(=O)C(C)N(c2ccc(OC)c(OC)c2)S(C)(=O)=O)c(OC)c1. The van der Waals surface area contributed by atoms with Crippen molar-refractivity contribution in [2.24, 2.45) is 0 Å². The lowest BCUT2D eigenvalue weighted by Gasteiger charge is -2.29. The maximum Gasteiger partial charge on any atom is 0.248 e. The van der Waals surface area contributed by atoms with E-state index in [1.807, 2.05) is 0 Å². The highest BCUT2D eigenvalue weighted by Crippen LogP contribution is 2.34. The predicted octanol–water partition coefficient (Wildman–Crippen LogP) is 2.51. The fourth-order valence-corrected chi connectivity index (χ4v) is 4.08. The van der Waals surface area contributed by atoms with E-state index < -0.39 is 22.0 Å². The average Bonchev–Trinajstić information content (AvgIpc) is 2.72. The molecule has 9 nitrogen and oxygen atoms in total. The molecular formula is C20H26N2O7S. The molecule has 2 aromatic carbocycles. The van der Waals surface area contributed by atoms with Gasteiger partial charge in [-0.1, -0.05) is 0 Å². The lowest BCUT2D eigenvalue weighted by atomic mass is 10.2. The van der Waals surface area contributed by atoms with E-state index in [-0.39, 0.29) is 5.69 Å². The van der Waals surface area contributed by atoms with Crippen molar-refractivity contribution < 1.29 is 32.2 Å². The van der Waals surface area contributed by atoms with Gasteiger partial charge in [0.15, 0.2) is 11.5 Å². The summed E-state index contributed by atoms with van der Waals surface area (Å²) in [5.41, 5.74) is 0.649. The molecule has 0 heterocycles. The number of benzene rings is 2. The summed E-state index contributed by atoms with van der Waals surface area (Å²) in [4.78, 5) is 12.9. The Morgan fingerprint density at radius 3 is 2.07 bits per heavy atom. The van der Waals surface area contributed by atoms with Gasteiger partial charge in [0.2, 0.25) is 15.9 Å². The summed E-state index contributed by atoms with van der Waals surface area (Å²) >= 11 is 0. The van der Waals surface area contributed by atoms with Crippen LogP contribution in [-0.2, 0) is 14.8 Å². The number of nitrogens with zero attached hydrogens (tertiary/aromatic N) is 1. The van der Waals surface area contributed by atoms with E-state index in [0.29, 0.717) is 28.7 Å². The predicted molar refractivity (Wildman–Crippen MR) is 115 cm³/mol. The third-order valence-electron chi connectivity index (χ3n) is 4.38. The highest BCUT2D eigenvalue weighted by molar-refractivity contribution is 7.92. The number of sulfonamides is 1. The Morgan fingerprint density at radius 1 is 0.900 bits per heavy atom. The summed E-state index contributed by atoms with van der Waals surface area (Å²) in [5, 5.41) is 2.70. The normalized spacial score (nSPS) is 11.9. The number of carbonyl (C=O) groups is 1. The van der Waals surface area contributed by atoms with Gasteiger partial charge in [-0.05, 0) is 31.2 Å². The highest BCUT2D eigenvalue weighted by atomic mass is 32.2. The van der Waals surface area contributed by atoms with Gasteiger partial charge < -0.3 is 24.3 Å². The molecule has 0 saturated heterocycles. The van der Waals surface area contributed by atoms with Crippen LogP contribution in [0.3, 0.4) is 0 Å². The molecule has 10 heteroatoms. The smallest absolute Gasteiger partial charge is 0.248 e. The van der Waals surface area contributed by atoms with Gasteiger partial charge in [-0.25, -0.2) is 8.42 Å². The Morgan fingerprint density at radius 2 is 1.53 bits per heavy atom. The van der Waals surface area contributed by atoms with Gasteiger partial charge in [-0.3, -0.25) is 9.10 Å². The van der Waals surface area contributed by atoms with E-state index in [0.717, 1.165) is 10.6 Å². The fraction of sp³-hybridized carbons (Fsp3) is 0.350. The monoisotopic (exact) mass is 438 g/mol. The maximum atomic E-state index is 12.9. The number of hydrogen-bond donors (Lipinski definition) is 1. The molecule has 1 unspecified atom stereocenters. The Hall–Kier alpha value is -3.14. The number of amides is 1. The van der Waals surface area contributed by atoms with Crippen molar-refractivity contribution in [2.45, 2.75) is 13.0 Å². The topological polar surface area (TPSA) is 103 Å². The maximum absolute atomic E-state index is 12.9. The van der Waals surface area contributed by atoms with Crippen molar-refractivity contribution in [1.82, 2.24) is 0 Å². The quantitative estimate of drug-likeness (QED) is 0.642. The van der Waals surface area contributed by atoms with E-state index in [1.165, 1.54) is 41.4 Å². The average molecular weight is 439 g/mol. The Labute approximate surface area is 176 Å². The van der Waals surface area contributed by atoms with Crippen molar-refractivity contribution in [3.8, 4) is 23.0 Å². The summed E-state index contributed by atoms with van der Waals surface area (Å²) in [6, 6.07) is 8.43. The van der Waals surface area contributed by atoms with Crippen LogP contribution in [0.1, 0.15) is 6.92 Å². The molecule has 0 fully saturated rings. The molecule has 0 radical (unpaired) electrons. The van der Waals surface area contributed by atoms with E-state index >= 15 is 0 Å². The molecule has 0 spiro atoms. The fourth-order valence-electron chi connectivity index (χ4n) is 2.91. The van der Waals surface area contributed by atoms with Crippen LogP contribution in [0.4, 0.5) is 11.4 Å². The second-order valence-corrected chi connectivity index (χ2v) is 8.19. The third-order valence-corrected chi connectivity index (χ3v) is 5.62. The molecule has 1 N–H and O–H groups in total. The Bertz CT molecular complexity index is 1010. The van der Waals surface area contributed by atoms with Gasteiger partial charge in [0.25, 0.3) is 0 Å². The number of nitrogens with one attached hydrogen (secondary N) is 1. The second kappa shape index (κ2) is 9.57. The molecule has 2 aromatic rings. The van der Waals surface area contributed by atoms with Crippen molar-refractivity contribution in [3.63, 3.8) is 0 Å². The summed E-state index contributed by atoms with van der Waals surface area (Å²) in [5.74, 6) is 1.18. The van der Waals surface area contributed by atoms with Crippen molar-refractivity contribution in [2.75, 3.05) is 44.3 Å². The molecule has 0 bridgehead atoms. The second-order valence-electron chi connectivity index (χ2n) is 6.33.